The molecule has 0 atom stereocenters. The average Bonchev–Trinajstić information content (AvgIpc) is 2.30. The quantitative estimate of drug-likeness (QED) is 0.904. The summed E-state index contributed by atoms with van der Waals surface area (Å²) >= 11 is 3.47. The Morgan fingerprint density at radius 3 is 2.58 bits per heavy atom. The molecule has 0 radical (unpaired) electrons. The molecule has 5 nitrogen and oxygen atoms in total. The molecular formula is C13H16BrN5. The molecule has 0 saturated heterocycles. The molecule has 2 rings (SSSR count). The van der Waals surface area contributed by atoms with Crippen molar-refractivity contribution < 1.29 is 0 Å². The number of halogens is 1. The maximum Gasteiger partial charge on any atom is 0.249 e. The van der Waals surface area contributed by atoms with E-state index in [4.69, 9.17) is 0 Å². The zero-order valence-corrected chi connectivity index (χ0v) is 12.7. The van der Waals surface area contributed by atoms with Crippen molar-refractivity contribution in [1.82, 2.24) is 15.2 Å². The van der Waals surface area contributed by atoms with Gasteiger partial charge in [-0.15, -0.1) is 5.10 Å². The van der Waals surface area contributed by atoms with Crippen LogP contribution in [0.2, 0.25) is 0 Å². The summed E-state index contributed by atoms with van der Waals surface area (Å²) in [5, 5.41) is 14.3. The summed E-state index contributed by atoms with van der Waals surface area (Å²) in [5.74, 6) is 1.15. The van der Waals surface area contributed by atoms with Crippen LogP contribution in [0.3, 0.4) is 0 Å². The fourth-order valence-corrected chi connectivity index (χ4v) is 1.87. The Bertz CT molecular complexity index is 565. The highest BCUT2D eigenvalue weighted by atomic mass is 79.9. The molecule has 0 saturated carbocycles. The lowest BCUT2D eigenvalue weighted by atomic mass is 10.1. The third-order valence-corrected chi connectivity index (χ3v) is 2.87. The van der Waals surface area contributed by atoms with E-state index in [9.17, 15) is 0 Å². The Kier molecular flexibility index (Phi) is 3.99. The molecule has 0 amide bonds. The van der Waals surface area contributed by atoms with Gasteiger partial charge in [0, 0.05) is 10.0 Å². The zero-order valence-electron chi connectivity index (χ0n) is 11.1. The molecule has 0 aliphatic rings. The minimum atomic E-state index is -0.0688. The highest BCUT2D eigenvalue weighted by Gasteiger charge is 2.11. The van der Waals surface area contributed by atoms with Gasteiger partial charge in [-0.2, -0.15) is 10.1 Å². The molecule has 6 heteroatoms. The second kappa shape index (κ2) is 5.52. The lowest BCUT2D eigenvalue weighted by Crippen LogP contribution is -2.27. The molecule has 1 aromatic heterocycles. The SMILES string of the molecule is CC(C)(C)Nc1cnnc(Nc2ccccc2Br)n1. The molecule has 0 bridgehead atoms. The van der Waals surface area contributed by atoms with Crippen molar-refractivity contribution in [2.45, 2.75) is 26.3 Å². The van der Waals surface area contributed by atoms with Crippen LogP contribution in [0.5, 0.6) is 0 Å². The molecule has 1 heterocycles. The smallest absolute Gasteiger partial charge is 0.249 e. The Balaban J connectivity index is 2.18. The number of anilines is 3. The molecular weight excluding hydrogens is 306 g/mol. The summed E-state index contributed by atoms with van der Waals surface area (Å²) in [5.41, 5.74) is 0.831. The summed E-state index contributed by atoms with van der Waals surface area (Å²) in [6, 6.07) is 7.79. The van der Waals surface area contributed by atoms with Crippen LogP contribution in [-0.2, 0) is 0 Å². The molecule has 19 heavy (non-hydrogen) atoms. The van der Waals surface area contributed by atoms with E-state index in [2.05, 4.69) is 62.5 Å². The lowest BCUT2D eigenvalue weighted by Gasteiger charge is -2.20. The Hall–Kier alpha value is -1.69. The van der Waals surface area contributed by atoms with E-state index in [1.165, 1.54) is 0 Å². The molecule has 100 valence electrons. The van der Waals surface area contributed by atoms with E-state index >= 15 is 0 Å². The van der Waals surface area contributed by atoms with Crippen LogP contribution in [0.25, 0.3) is 0 Å². The van der Waals surface area contributed by atoms with Crippen molar-refractivity contribution >= 4 is 33.4 Å². The van der Waals surface area contributed by atoms with Crippen LogP contribution in [0.15, 0.2) is 34.9 Å². The average molecular weight is 322 g/mol. The monoisotopic (exact) mass is 321 g/mol. The van der Waals surface area contributed by atoms with E-state index in [-0.39, 0.29) is 5.54 Å². The summed E-state index contributed by atoms with van der Waals surface area (Å²) in [4.78, 5) is 4.38. The highest BCUT2D eigenvalue weighted by molar-refractivity contribution is 9.10. The predicted molar refractivity (Wildman–Crippen MR) is 80.6 cm³/mol. The summed E-state index contributed by atoms with van der Waals surface area (Å²) in [7, 11) is 0. The normalized spacial score (nSPS) is 11.2. The minimum Gasteiger partial charge on any atom is -0.364 e. The van der Waals surface area contributed by atoms with Gasteiger partial charge >= 0.3 is 0 Å². The van der Waals surface area contributed by atoms with Gasteiger partial charge in [-0.05, 0) is 48.8 Å². The second-order valence-corrected chi connectivity index (χ2v) is 6.00. The minimum absolute atomic E-state index is 0.0688. The van der Waals surface area contributed by atoms with Gasteiger partial charge in [0.25, 0.3) is 0 Å². The lowest BCUT2D eigenvalue weighted by molar-refractivity contribution is 0.629. The zero-order chi connectivity index (χ0) is 13.9. The number of rotatable bonds is 3. The van der Waals surface area contributed by atoms with Gasteiger partial charge in [-0.1, -0.05) is 12.1 Å². The van der Waals surface area contributed by atoms with E-state index in [1.54, 1.807) is 6.20 Å². The van der Waals surface area contributed by atoms with E-state index in [1.807, 2.05) is 24.3 Å². The van der Waals surface area contributed by atoms with Gasteiger partial charge in [-0.3, -0.25) is 0 Å². The molecule has 0 fully saturated rings. The number of para-hydroxylation sites is 1. The van der Waals surface area contributed by atoms with Gasteiger partial charge in [-0.25, -0.2) is 0 Å². The Morgan fingerprint density at radius 1 is 1.16 bits per heavy atom. The van der Waals surface area contributed by atoms with Crippen LogP contribution in [0, 0.1) is 0 Å². The van der Waals surface area contributed by atoms with E-state index in [0.29, 0.717) is 11.8 Å². The third kappa shape index (κ3) is 4.17. The van der Waals surface area contributed by atoms with Gasteiger partial charge < -0.3 is 10.6 Å². The molecule has 0 aliphatic heterocycles. The first kappa shape index (κ1) is 13.7. The molecule has 0 spiro atoms. The van der Waals surface area contributed by atoms with Crippen LogP contribution >= 0.6 is 15.9 Å². The predicted octanol–water partition coefficient (Wildman–Crippen LogP) is 3.59. The number of nitrogens with one attached hydrogen (secondary N) is 2. The van der Waals surface area contributed by atoms with Crippen molar-refractivity contribution in [3.05, 3.63) is 34.9 Å². The van der Waals surface area contributed by atoms with E-state index in [0.717, 1.165) is 10.2 Å². The van der Waals surface area contributed by atoms with E-state index < -0.39 is 0 Å². The number of aromatic nitrogens is 3. The largest absolute Gasteiger partial charge is 0.364 e. The van der Waals surface area contributed by atoms with Crippen molar-refractivity contribution in [3.63, 3.8) is 0 Å². The Labute approximate surface area is 121 Å². The van der Waals surface area contributed by atoms with Crippen LogP contribution in [0.4, 0.5) is 17.5 Å². The number of nitrogens with zero attached hydrogens (tertiary/aromatic N) is 3. The van der Waals surface area contributed by atoms with Crippen molar-refractivity contribution in [3.8, 4) is 0 Å². The molecule has 2 N–H and O–H groups in total. The van der Waals surface area contributed by atoms with Crippen molar-refractivity contribution in [1.29, 1.82) is 0 Å². The molecule has 0 unspecified atom stereocenters. The second-order valence-electron chi connectivity index (χ2n) is 5.15. The first-order chi connectivity index (χ1) is 8.94. The third-order valence-electron chi connectivity index (χ3n) is 2.18. The summed E-state index contributed by atoms with van der Waals surface area (Å²) < 4.78 is 0.952. The standard InChI is InChI=1S/C13H16BrN5/c1-13(2,3)18-11-8-15-19-12(17-11)16-10-7-5-4-6-9(10)14/h4-8H,1-3H3,(H2,16,17,18,19). The fraction of sp³-hybridized carbons (Fsp3) is 0.308. The van der Waals surface area contributed by atoms with Gasteiger partial charge in [0.05, 0.1) is 11.9 Å². The van der Waals surface area contributed by atoms with Crippen LogP contribution < -0.4 is 10.6 Å². The van der Waals surface area contributed by atoms with Crippen LogP contribution in [0.1, 0.15) is 20.8 Å². The van der Waals surface area contributed by atoms with Gasteiger partial charge in [0.15, 0.2) is 5.82 Å². The number of hydrogen-bond donors (Lipinski definition) is 2. The summed E-state index contributed by atoms with van der Waals surface area (Å²) in [6.07, 6.45) is 1.61. The highest BCUT2D eigenvalue weighted by Crippen LogP contribution is 2.24. The van der Waals surface area contributed by atoms with Crippen molar-refractivity contribution in [2.75, 3.05) is 10.6 Å². The number of hydrogen-bond acceptors (Lipinski definition) is 5. The summed E-state index contributed by atoms with van der Waals surface area (Å²) in [6.45, 7) is 6.20. The van der Waals surface area contributed by atoms with Crippen LogP contribution in [-0.4, -0.2) is 20.7 Å². The number of benzene rings is 1. The Morgan fingerprint density at radius 2 is 1.89 bits per heavy atom. The first-order valence-corrected chi connectivity index (χ1v) is 6.73. The van der Waals surface area contributed by atoms with Crippen molar-refractivity contribution in [2.24, 2.45) is 0 Å². The first-order valence-electron chi connectivity index (χ1n) is 5.93. The maximum absolute atomic E-state index is 4.38. The van der Waals surface area contributed by atoms with Gasteiger partial charge in [0.2, 0.25) is 5.95 Å². The molecule has 0 aliphatic carbocycles. The molecule has 2 aromatic rings. The van der Waals surface area contributed by atoms with Gasteiger partial charge in [0.1, 0.15) is 0 Å². The molecule has 1 aromatic carbocycles. The fourth-order valence-electron chi connectivity index (χ4n) is 1.48. The topological polar surface area (TPSA) is 62.7 Å². The maximum atomic E-state index is 4.38.